The number of anilines is 2. The third-order valence-corrected chi connectivity index (χ3v) is 7.49. The molecular formula is C20H21F6N3O3S. The van der Waals surface area contributed by atoms with Crippen molar-refractivity contribution in [3.8, 4) is 0 Å². The molecule has 0 atom stereocenters. The molecular weight excluding hydrogens is 476 g/mol. The molecule has 0 aliphatic carbocycles. The minimum absolute atomic E-state index is 0.0296. The lowest BCUT2D eigenvalue weighted by atomic mass is 9.91. The first-order valence-electron chi connectivity index (χ1n) is 9.64. The number of hydrogen-bond acceptors (Lipinski definition) is 5. The predicted octanol–water partition coefficient (Wildman–Crippen LogP) is 3.75. The third-order valence-electron chi connectivity index (χ3n) is 5.52. The summed E-state index contributed by atoms with van der Waals surface area (Å²) in [6.45, 7) is 0.482. The molecule has 0 aromatic heterocycles. The van der Waals surface area contributed by atoms with E-state index >= 15 is 0 Å². The topological polar surface area (TPSA) is 75.9 Å². The van der Waals surface area contributed by atoms with Crippen molar-refractivity contribution in [2.45, 2.75) is 22.8 Å². The Morgan fingerprint density at radius 1 is 0.848 bits per heavy atom. The lowest BCUT2D eigenvalue weighted by Gasteiger charge is -2.37. The van der Waals surface area contributed by atoms with Gasteiger partial charge in [0.25, 0.3) is 5.60 Å². The number of nitrogens with two attached hydrogens (primary N) is 1. The van der Waals surface area contributed by atoms with Crippen LogP contribution in [-0.2, 0) is 20.4 Å². The molecule has 33 heavy (non-hydrogen) atoms. The van der Waals surface area contributed by atoms with Gasteiger partial charge in [-0.25, -0.2) is 8.42 Å². The number of rotatable bonds is 5. The van der Waals surface area contributed by atoms with E-state index in [1.807, 2.05) is 0 Å². The van der Waals surface area contributed by atoms with Crippen LogP contribution in [0.3, 0.4) is 0 Å². The van der Waals surface area contributed by atoms with Crippen LogP contribution in [0.5, 0.6) is 0 Å². The average molecular weight is 497 g/mol. The molecule has 1 aliphatic heterocycles. The van der Waals surface area contributed by atoms with Gasteiger partial charge in [-0.15, -0.1) is 0 Å². The van der Waals surface area contributed by atoms with Gasteiger partial charge in [-0.1, -0.05) is 24.3 Å². The van der Waals surface area contributed by atoms with Gasteiger partial charge >= 0.3 is 12.4 Å². The molecule has 0 bridgehead atoms. The van der Waals surface area contributed by atoms with Crippen LogP contribution in [0.25, 0.3) is 0 Å². The molecule has 13 heteroatoms. The Bertz CT molecular complexity index is 1070. The molecule has 182 valence electrons. The highest BCUT2D eigenvalue weighted by atomic mass is 32.2. The number of para-hydroxylation sites is 1. The molecule has 1 heterocycles. The molecule has 0 spiro atoms. The molecule has 3 rings (SSSR count). The maximum atomic E-state index is 13.4. The van der Waals surface area contributed by atoms with E-state index in [-0.39, 0.29) is 36.8 Å². The summed E-state index contributed by atoms with van der Waals surface area (Å²) in [6.07, 6.45) is -11.5. The quantitative estimate of drug-likeness (QED) is 0.503. The van der Waals surface area contributed by atoms with E-state index in [1.165, 1.54) is 16.4 Å². The summed E-state index contributed by atoms with van der Waals surface area (Å²) in [5.74, 6) is 0. The van der Waals surface area contributed by atoms with Gasteiger partial charge in [0, 0.05) is 44.5 Å². The second-order valence-corrected chi connectivity index (χ2v) is 9.26. The second-order valence-electron chi connectivity index (χ2n) is 7.36. The summed E-state index contributed by atoms with van der Waals surface area (Å²) in [7, 11) is -3.49. The third kappa shape index (κ3) is 4.36. The van der Waals surface area contributed by atoms with Crippen LogP contribution in [0.4, 0.5) is 37.7 Å². The summed E-state index contributed by atoms with van der Waals surface area (Å²) in [4.78, 5) is 1.64. The number of hydrogen-bond donors (Lipinski definition) is 1. The molecule has 2 aromatic rings. The molecule has 2 N–H and O–H groups in total. The molecule has 1 fully saturated rings. The van der Waals surface area contributed by atoms with Crippen molar-refractivity contribution >= 4 is 21.4 Å². The molecule has 0 saturated carbocycles. The zero-order valence-corrected chi connectivity index (χ0v) is 18.1. The lowest BCUT2D eigenvalue weighted by Crippen LogP contribution is -2.55. The maximum absolute atomic E-state index is 13.4. The van der Waals surface area contributed by atoms with Crippen molar-refractivity contribution in [3.63, 3.8) is 0 Å². The molecule has 0 unspecified atom stereocenters. The van der Waals surface area contributed by atoms with Gasteiger partial charge in [0.2, 0.25) is 10.0 Å². The summed E-state index contributed by atoms with van der Waals surface area (Å²) < 4.78 is 111. The number of halogens is 6. The standard InChI is InChI=1S/C20H21F6N3O3S/c1-32-18(19(21,22)23,20(24,25)26)14-6-8-15(9-7-14)28-10-12-29(13-11-28)33(30,31)17-5-3-2-4-16(17)27/h2-9H,10-13,27H2,1H3. The largest absolute Gasteiger partial charge is 0.430 e. The monoisotopic (exact) mass is 497 g/mol. The van der Waals surface area contributed by atoms with Gasteiger partial charge in [-0.3, -0.25) is 0 Å². The Morgan fingerprint density at radius 3 is 1.82 bits per heavy atom. The number of alkyl halides is 6. The van der Waals surface area contributed by atoms with Gasteiger partial charge in [0.05, 0.1) is 5.69 Å². The van der Waals surface area contributed by atoms with Gasteiger partial charge in [-0.2, -0.15) is 30.6 Å². The molecule has 0 amide bonds. The van der Waals surface area contributed by atoms with Crippen LogP contribution in [0.15, 0.2) is 53.4 Å². The van der Waals surface area contributed by atoms with Gasteiger partial charge in [0.15, 0.2) is 0 Å². The average Bonchev–Trinajstić information content (AvgIpc) is 2.73. The highest BCUT2D eigenvalue weighted by Gasteiger charge is 2.73. The van der Waals surface area contributed by atoms with Crippen LogP contribution in [-0.4, -0.2) is 58.4 Å². The van der Waals surface area contributed by atoms with Crippen LogP contribution in [0.2, 0.25) is 0 Å². The van der Waals surface area contributed by atoms with E-state index in [0.29, 0.717) is 24.9 Å². The highest BCUT2D eigenvalue weighted by Crippen LogP contribution is 2.52. The lowest BCUT2D eigenvalue weighted by molar-refractivity contribution is -0.383. The van der Waals surface area contributed by atoms with E-state index < -0.39 is 33.5 Å². The van der Waals surface area contributed by atoms with Crippen molar-refractivity contribution in [3.05, 3.63) is 54.1 Å². The molecule has 0 radical (unpaired) electrons. The number of ether oxygens (including phenoxy) is 1. The van der Waals surface area contributed by atoms with E-state index in [2.05, 4.69) is 4.74 Å². The van der Waals surface area contributed by atoms with Gasteiger partial charge in [-0.05, 0) is 24.3 Å². The number of nitrogen functional groups attached to an aromatic ring is 1. The van der Waals surface area contributed by atoms with Crippen molar-refractivity contribution in [1.29, 1.82) is 0 Å². The number of nitrogens with zero attached hydrogens (tertiary/aromatic N) is 2. The molecule has 6 nitrogen and oxygen atoms in total. The predicted molar refractivity (Wildman–Crippen MR) is 109 cm³/mol. The first-order chi connectivity index (χ1) is 15.3. The first-order valence-corrected chi connectivity index (χ1v) is 11.1. The minimum atomic E-state index is -5.74. The number of sulfonamides is 1. The maximum Gasteiger partial charge on any atom is 0.430 e. The number of methoxy groups -OCH3 is 1. The molecule has 1 saturated heterocycles. The fourth-order valence-electron chi connectivity index (χ4n) is 3.79. The van der Waals surface area contributed by atoms with Gasteiger partial charge < -0.3 is 15.4 Å². The van der Waals surface area contributed by atoms with E-state index in [0.717, 1.165) is 12.1 Å². The first kappa shape index (κ1) is 25.1. The zero-order valence-electron chi connectivity index (χ0n) is 17.3. The number of piperazine rings is 1. The van der Waals surface area contributed by atoms with Crippen LogP contribution in [0, 0.1) is 0 Å². The summed E-state index contributed by atoms with van der Waals surface area (Å²) in [5.41, 5.74) is 0.662. The van der Waals surface area contributed by atoms with Crippen LogP contribution in [0.1, 0.15) is 5.56 Å². The summed E-state index contributed by atoms with van der Waals surface area (Å²) in [6, 6.07) is 9.68. The van der Waals surface area contributed by atoms with Crippen molar-refractivity contribution < 1.29 is 39.5 Å². The SMILES string of the molecule is COC(c1ccc(N2CCN(S(=O)(=O)c3ccccc3N)CC2)cc1)(C(F)(F)F)C(F)(F)F. The fourth-order valence-corrected chi connectivity index (χ4v) is 5.32. The minimum Gasteiger partial charge on any atom is -0.398 e. The van der Waals surface area contributed by atoms with Crippen LogP contribution >= 0.6 is 0 Å². The Balaban J connectivity index is 1.79. The Labute approximate surface area is 186 Å². The summed E-state index contributed by atoms with van der Waals surface area (Å²) >= 11 is 0. The normalized spacial score (nSPS) is 16.8. The zero-order chi connectivity index (χ0) is 24.7. The van der Waals surface area contributed by atoms with E-state index in [4.69, 9.17) is 5.73 Å². The van der Waals surface area contributed by atoms with E-state index in [1.54, 1.807) is 17.0 Å². The summed E-state index contributed by atoms with van der Waals surface area (Å²) in [5, 5.41) is 0. The fraction of sp³-hybridized carbons (Fsp3) is 0.400. The highest BCUT2D eigenvalue weighted by molar-refractivity contribution is 7.89. The Morgan fingerprint density at radius 2 is 1.36 bits per heavy atom. The van der Waals surface area contributed by atoms with E-state index in [9.17, 15) is 34.8 Å². The smallest absolute Gasteiger partial charge is 0.398 e. The second kappa shape index (κ2) is 8.69. The molecule has 1 aliphatic rings. The Hall–Kier alpha value is -2.51. The van der Waals surface area contributed by atoms with Crippen molar-refractivity contribution in [2.75, 3.05) is 43.9 Å². The Kier molecular flexibility index (Phi) is 6.61. The van der Waals surface area contributed by atoms with Gasteiger partial charge in [0.1, 0.15) is 4.90 Å². The van der Waals surface area contributed by atoms with Crippen molar-refractivity contribution in [1.82, 2.24) is 4.31 Å². The van der Waals surface area contributed by atoms with Crippen molar-refractivity contribution in [2.24, 2.45) is 0 Å². The number of benzene rings is 2. The molecule has 2 aromatic carbocycles. The van der Waals surface area contributed by atoms with Crippen LogP contribution < -0.4 is 10.6 Å².